The molecule has 0 unspecified atom stereocenters. The van der Waals surface area contributed by atoms with Crippen LogP contribution >= 0.6 is 0 Å². The average Bonchev–Trinajstić information content (AvgIpc) is 3.08. The molecule has 1 aromatic heterocycles. The second-order valence-electron chi connectivity index (χ2n) is 8.04. The number of benzene rings is 2. The molecule has 142 valence electrons. The Morgan fingerprint density at radius 2 is 1.86 bits per heavy atom. The van der Waals surface area contributed by atoms with Crippen molar-refractivity contribution in [2.24, 2.45) is 0 Å². The Kier molecular flexibility index (Phi) is 4.19. The number of hydrogen-bond acceptors (Lipinski definition) is 1. The Bertz CT molecular complexity index is 1130. The van der Waals surface area contributed by atoms with Gasteiger partial charge >= 0.3 is 0 Å². The smallest absolute Gasteiger partial charge is 0.195 e. The zero-order chi connectivity index (χ0) is 19.3. The third kappa shape index (κ3) is 2.64. The van der Waals surface area contributed by atoms with E-state index in [2.05, 4.69) is 23.6 Å². The molecule has 3 aromatic rings. The van der Waals surface area contributed by atoms with Crippen LogP contribution in [-0.2, 0) is 19.4 Å². The van der Waals surface area contributed by atoms with E-state index in [1.165, 1.54) is 27.8 Å². The molecule has 4 bridgehead atoms. The van der Waals surface area contributed by atoms with Crippen LogP contribution in [0.5, 0.6) is 0 Å². The Labute approximate surface area is 164 Å². The largest absolute Gasteiger partial charge is 0.346 e. The molecule has 0 spiro atoms. The summed E-state index contributed by atoms with van der Waals surface area (Å²) >= 11 is 0. The van der Waals surface area contributed by atoms with Crippen molar-refractivity contribution in [3.63, 3.8) is 0 Å². The maximum Gasteiger partial charge on any atom is 0.195 e. The van der Waals surface area contributed by atoms with Gasteiger partial charge in [-0.15, -0.1) is 0 Å². The van der Waals surface area contributed by atoms with Crippen LogP contribution in [-0.4, -0.2) is 17.0 Å². The maximum absolute atomic E-state index is 13.6. The molecule has 0 saturated heterocycles. The normalized spacial score (nSPS) is 19.0. The van der Waals surface area contributed by atoms with Crippen LogP contribution < -0.4 is 0 Å². The predicted molar refractivity (Wildman–Crippen MR) is 111 cm³/mol. The maximum atomic E-state index is 13.6. The van der Waals surface area contributed by atoms with E-state index in [4.69, 9.17) is 0 Å². The monoisotopic (exact) mass is 373 g/mol. The number of rotatable bonds is 2. The summed E-state index contributed by atoms with van der Waals surface area (Å²) in [6, 6.07) is 12.2. The lowest BCUT2D eigenvalue weighted by Crippen LogP contribution is -2.15. The van der Waals surface area contributed by atoms with Crippen molar-refractivity contribution in [2.75, 3.05) is 6.67 Å². The highest BCUT2D eigenvalue weighted by atomic mass is 19.1. The van der Waals surface area contributed by atoms with Gasteiger partial charge < -0.3 is 4.57 Å². The standard InChI is InChI=1S/C25H24FNO/c1-16-6-8-21-22-14-18(7-9-19(16)22)17(10-12-26)11-13-27-15-23(25(21)28)20-4-2-3-5-24(20)27/h2-6,8,15H,7,9-14H2,1H3/b18-17-. The van der Waals surface area contributed by atoms with E-state index in [1.807, 2.05) is 30.5 Å². The van der Waals surface area contributed by atoms with Crippen molar-refractivity contribution in [1.82, 2.24) is 4.57 Å². The summed E-state index contributed by atoms with van der Waals surface area (Å²) in [5.41, 5.74) is 9.02. The fourth-order valence-corrected chi connectivity index (χ4v) is 5.06. The summed E-state index contributed by atoms with van der Waals surface area (Å²) < 4.78 is 15.5. The molecule has 2 heterocycles. The van der Waals surface area contributed by atoms with E-state index in [0.717, 1.165) is 54.3 Å². The molecule has 0 radical (unpaired) electrons. The molecule has 2 nitrogen and oxygen atoms in total. The molecule has 3 heteroatoms. The van der Waals surface area contributed by atoms with Crippen molar-refractivity contribution in [3.05, 3.63) is 81.6 Å². The molecule has 2 aromatic carbocycles. The molecular weight excluding hydrogens is 349 g/mol. The summed E-state index contributed by atoms with van der Waals surface area (Å²) in [5, 5.41) is 1.01. The van der Waals surface area contributed by atoms with Crippen LogP contribution in [0, 0.1) is 6.92 Å². The highest BCUT2D eigenvalue weighted by molar-refractivity contribution is 6.17. The average molecular weight is 373 g/mol. The fraction of sp³-hybridized carbons (Fsp3) is 0.320. The van der Waals surface area contributed by atoms with Crippen molar-refractivity contribution in [2.45, 2.75) is 45.6 Å². The molecule has 2 aliphatic rings. The molecule has 1 aliphatic carbocycles. The Morgan fingerprint density at radius 3 is 2.71 bits per heavy atom. The Balaban J connectivity index is 1.79. The van der Waals surface area contributed by atoms with Crippen molar-refractivity contribution >= 4 is 16.7 Å². The van der Waals surface area contributed by atoms with Crippen LogP contribution in [0.1, 0.15) is 51.9 Å². The number of aromatic nitrogens is 1. The first-order valence-corrected chi connectivity index (χ1v) is 10.2. The summed E-state index contributed by atoms with van der Waals surface area (Å²) in [4.78, 5) is 13.6. The second-order valence-corrected chi connectivity index (χ2v) is 8.04. The minimum absolute atomic E-state index is 0.112. The number of aryl methyl sites for hydroxylation is 2. The number of allylic oxidation sites excluding steroid dienone is 2. The van der Waals surface area contributed by atoms with E-state index >= 15 is 0 Å². The van der Waals surface area contributed by atoms with Gasteiger partial charge in [0, 0.05) is 34.8 Å². The summed E-state index contributed by atoms with van der Waals surface area (Å²) in [6.45, 7) is 2.60. The summed E-state index contributed by atoms with van der Waals surface area (Å²) in [5.74, 6) is 0.112. The van der Waals surface area contributed by atoms with Gasteiger partial charge in [0.2, 0.25) is 0 Å². The van der Waals surface area contributed by atoms with Crippen LogP contribution in [0.25, 0.3) is 10.9 Å². The predicted octanol–water partition coefficient (Wildman–Crippen LogP) is 5.73. The SMILES string of the molecule is Cc1ccc2c3c1CC/C(=C(\CCF)CCn1cc(c4ccccc41)C2=O)C3. The molecule has 0 fully saturated rings. The first-order chi connectivity index (χ1) is 13.7. The first-order valence-electron chi connectivity index (χ1n) is 10.2. The van der Waals surface area contributed by atoms with E-state index in [1.54, 1.807) is 0 Å². The number of carbonyl (C=O) groups is 1. The van der Waals surface area contributed by atoms with Gasteiger partial charge in [-0.2, -0.15) is 0 Å². The van der Waals surface area contributed by atoms with Crippen LogP contribution in [0.4, 0.5) is 4.39 Å². The number of alkyl halides is 1. The molecule has 28 heavy (non-hydrogen) atoms. The van der Waals surface area contributed by atoms with Gasteiger partial charge in [0.05, 0.1) is 6.67 Å². The fourth-order valence-electron chi connectivity index (χ4n) is 5.06. The summed E-state index contributed by atoms with van der Waals surface area (Å²) in [6.07, 6.45) is 6.09. The van der Waals surface area contributed by atoms with Crippen LogP contribution in [0.3, 0.4) is 0 Å². The third-order valence-electron chi connectivity index (χ3n) is 6.56. The van der Waals surface area contributed by atoms with Crippen LogP contribution in [0.2, 0.25) is 0 Å². The number of para-hydroxylation sites is 1. The number of fused-ring (bicyclic) bond motifs is 6. The molecular formula is C25H24FNO. The molecule has 5 rings (SSSR count). The first kappa shape index (κ1) is 17.4. The van der Waals surface area contributed by atoms with Gasteiger partial charge in [-0.25, -0.2) is 0 Å². The number of ketones is 1. The van der Waals surface area contributed by atoms with Gasteiger partial charge in [0.1, 0.15) is 0 Å². The van der Waals surface area contributed by atoms with Gasteiger partial charge in [-0.05, 0) is 61.8 Å². The van der Waals surface area contributed by atoms with Gasteiger partial charge in [-0.1, -0.05) is 41.5 Å². The molecule has 0 N–H and O–H groups in total. The lowest BCUT2D eigenvalue weighted by molar-refractivity contribution is 0.103. The Morgan fingerprint density at radius 1 is 1.00 bits per heavy atom. The van der Waals surface area contributed by atoms with Gasteiger partial charge in [0.15, 0.2) is 5.78 Å². The van der Waals surface area contributed by atoms with Crippen molar-refractivity contribution < 1.29 is 9.18 Å². The van der Waals surface area contributed by atoms with E-state index < -0.39 is 0 Å². The lowest BCUT2D eigenvalue weighted by Gasteiger charge is -2.26. The van der Waals surface area contributed by atoms with E-state index in [9.17, 15) is 9.18 Å². The van der Waals surface area contributed by atoms with E-state index in [-0.39, 0.29) is 12.5 Å². The van der Waals surface area contributed by atoms with E-state index in [0.29, 0.717) is 6.42 Å². The number of carbonyl (C=O) groups excluding carboxylic acids is 1. The quantitative estimate of drug-likeness (QED) is 0.526. The molecule has 0 atom stereocenters. The topological polar surface area (TPSA) is 22.0 Å². The second kappa shape index (κ2) is 6.73. The molecule has 0 amide bonds. The molecule has 0 saturated carbocycles. The third-order valence-corrected chi connectivity index (χ3v) is 6.56. The van der Waals surface area contributed by atoms with Crippen molar-refractivity contribution in [1.29, 1.82) is 0 Å². The van der Waals surface area contributed by atoms with Gasteiger partial charge in [-0.3, -0.25) is 9.18 Å². The minimum atomic E-state index is -0.316. The Hall–Kier alpha value is -2.68. The zero-order valence-electron chi connectivity index (χ0n) is 16.2. The van der Waals surface area contributed by atoms with Gasteiger partial charge in [0.25, 0.3) is 0 Å². The van der Waals surface area contributed by atoms with Crippen molar-refractivity contribution in [3.8, 4) is 0 Å². The highest BCUT2D eigenvalue weighted by Gasteiger charge is 2.26. The zero-order valence-corrected chi connectivity index (χ0v) is 16.2. The summed E-state index contributed by atoms with van der Waals surface area (Å²) in [7, 11) is 0. The number of halogens is 1. The number of nitrogens with zero attached hydrogens (tertiary/aromatic N) is 1. The molecule has 1 aliphatic heterocycles. The minimum Gasteiger partial charge on any atom is -0.346 e. The highest BCUT2D eigenvalue weighted by Crippen LogP contribution is 2.36. The lowest BCUT2D eigenvalue weighted by atomic mass is 9.79. The number of hydrogen-bond donors (Lipinski definition) is 0. The van der Waals surface area contributed by atoms with Crippen LogP contribution in [0.15, 0.2) is 53.7 Å².